The molecule has 0 bridgehead atoms. The zero-order valence-corrected chi connectivity index (χ0v) is 10.9. The van der Waals surface area contributed by atoms with Crippen molar-refractivity contribution in [1.82, 2.24) is 10.6 Å². The second-order valence-electron chi connectivity index (χ2n) is 5.44. The zero-order chi connectivity index (χ0) is 12.3. The minimum absolute atomic E-state index is 0.0114. The molecule has 2 saturated heterocycles. The van der Waals surface area contributed by atoms with Crippen molar-refractivity contribution in [3.8, 4) is 0 Å². The van der Waals surface area contributed by atoms with E-state index in [1.165, 1.54) is 0 Å². The van der Waals surface area contributed by atoms with Crippen LogP contribution >= 0.6 is 0 Å². The number of hydrogen-bond donors (Lipinski definition) is 2. The van der Waals surface area contributed by atoms with Gasteiger partial charge in [-0.2, -0.15) is 0 Å². The standard InChI is InChI=1S/C13H24N2O2/c1-9-3-6-14-12(9)13(16)15-10(2)11-4-7-17-8-5-11/h9-12,14H,3-8H2,1-2H3,(H,15,16). The van der Waals surface area contributed by atoms with E-state index < -0.39 is 0 Å². The summed E-state index contributed by atoms with van der Waals surface area (Å²) in [6, 6.07) is 0.276. The van der Waals surface area contributed by atoms with Crippen LogP contribution in [-0.2, 0) is 9.53 Å². The van der Waals surface area contributed by atoms with Crippen LogP contribution in [0.3, 0.4) is 0 Å². The summed E-state index contributed by atoms with van der Waals surface area (Å²) < 4.78 is 5.35. The van der Waals surface area contributed by atoms with E-state index in [1.54, 1.807) is 0 Å². The van der Waals surface area contributed by atoms with Crippen molar-refractivity contribution in [2.24, 2.45) is 11.8 Å². The molecule has 4 nitrogen and oxygen atoms in total. The SMILES string of the molecule is CC1CCNC1C(=O)NC(C)C1CCOCC1. The van der Waals surface area contributed by atoms with Crippen LogP contribution in [-0.4, -0.2) is 37.7 Å². The van der Waals surface area contributed by atoms with Crippen LogP contribution < -0.4 is 10.6 Å². The molecule has 0 aromatic carbocycles. The average molecular weight is 240 g/mol. The topological polar surface area (TPSA) is 50.4 Å². The normalized spacial score (nSPS) is 32.4. The highest BCUT2D eigenvalue weighted by Gasteiger charge is 2.31. The second-order valence-corrected chi connectivity index (χ2v) is 5.44. The Hall–Kier alpha value is -0.610. The van der Waals surface area contributed by atoms with E-state index in [-0.39, 0.29) is 18.0 Å². The van der Waals surface area contributed by atoms with E-state index in [4.69, 9.17) is 4.74 Å². The fraction of sp³-hybridized carbons (Fsp3) is 0.923. The molecule has 2 N–H and O–H groups in total. The molecule has 3 unspecified atom stereocenters. The molecular weight excluding hydrogens is 216 g/mol. The fourth-order valence-corrected chi connectivity index (χ4v) is 2.83. The summed E-state index contributed by atoms with van der Waals surface area (Å²) in [6.45, 7) is 6.90. The van der Waals surface area contributed by atoms with E-state index in [0.29, 0.717) is 11.8 Å². The third-order valence-electron chi connectivity index (χ3n) is 4.16. The molecule has 0 aliphatic carbocycles. The molecule has 0 saturated carbocycles. The summed E-state index contributed by atoms with van der Waals surface area (Å²) in [6.07, 6.45) is 3.23. The first-order valence-corrected chi connectivity index (χ1v) is 6.80. The third-order valence-corrected chi connectivity index (χ3v) is 4.16. The number of ether oxygens (including phenoxy) is 1. The van der Waals surface area contributed by atoms with Crippen molar-refractivity contribution >= 4 is 5.91 Å². The minimum Gasteiger partial charge on any atom is -0.381 e. The Balaban J connectivity index is 1.80. The Kier molecular flexibility index (Phi) is 4.40. The van der Waals surface area contributed by atoms with Crippen LogP contribution in [0.15, 0.2) is 0 Å². The van der Waals surface area contributed by atoms with E-state index >= 15 is 0 Å². The van der Waals surface area contributed by atoms with Crippen LogP contribution in [0.5, 0.6) is 0 Å². The number of rotatable bonds is 3. The lowest BCUT2D eigenvalue weighted by Gasteiger charge is -2.29. The molecule has 17 heavy (non-hydrogen) atoms. The van der Waals surface area contributed by atoms with E-state index in [9.17, 15) is 4.79 Å². The average Bonchev–Trinajstić information content (AvgIpc) is 2.76. The predicted octanol–water partition coefficient (Wildman–Crippen LogP) is 0.916. The fourth-order valence-electron chi connectivity index (χ4n) is 2.83. The van der Waals surface area contributed by atoms with Gasteiger partial charge in [0.05, 0.1) is 6.04 Å². The summed E-state index contributed by atoms with van der Waals surface area (Å²) >= 11 is 0. The van der Waals surface area contributed by atoms with Gasteiger partial charge in [-0.05, 0) is 44.6 Å². The molecule has 0 radical (unpaired) electrons. The maximum absolute atomic E-state index is 12.1. The molecule has 4 heteroatoms. The first kappa shape index (κ1) is 12.8. The lowest BCUT2D eigenvalue weighted by molar-refractivity contribution is -0.124. The number of carbonyl (C=O) groups excluding carboxylic acids is 1. The monoisotopic (exact) mass is 240 g/mol. The van der Waals surface area contributed by atoms with Crippen molar-refractivity contribution in [3.05, 3.63) is 0 Å². The molecule has 0 aromatic heterocycles. The molecule has 0 spiro atoms. The summed E-state index contributed by atoms with van der Waals surface area (Å²) in [5.74, 6) is 1.20. The van der Waals surface area contributed by atoms with Crippen molar-refractivity contribution in [2.75, 3.05) is 19.8 Å². The molecule has 2 aliphatic rings. The Morgan fingerprint density at radius 1 is 1.35 bits per heavy atom. The van der Waals surface area contributed by atoms with Crippen LogP contribution in [0.1, 0.15) is 33.1 Å². The maximum atomic E-state index is 12.1. The molecule has 0 aromatic rings. The van der Waals surface area contributed by atoms with E-state index in [2.05, 4.69) is 24.5 Å². The smallest absolute Gasteiger partial charge is 0.237 e. The quantitative estimate of drug-likeness (QED) is 0.771. The molecule has 3 atom stereocenters. The summed E-state index contributed by atoms with van der Waals surface area (Å²) in [5, 5.41) is 6.44. The van der Waals surface area contributed by atoms with Gasteiger partial charge in [0.2, 0.25) is 5.91 Å². The first-order chi connectivity index (χ1) is 8.18. The van der Waals surface area contributed by atoms with E-state index in [0.717, 1.165) is 39.0 Å². The lowest BCUT2D eigenvalue weighted by Crippen LogP contribution is -2.49. The number of nitrogens with one attached hydrogen (secondary N) is 2. The largest absolute Gasteiger partial charge is 0.381 e. The Bertz CT molecular complexity index is 264. The van der Waals surface area contributed by atoms with Crippen molar-refractivity contribution in [1.29, 1.82) is 0 Å². The number of hydrogen-bond acceptors (Lipinski definition) is 3. The Labute approximate surface area is 103 Å². The van der Waals surface area contributed by atoms with Gasteiger partial charge >= 0.3 is 0 Å². The van der Waals surface area contributed by atoms with Gasteiger partial charge in [-0.15, -0.1) is 0 Å². The maximum Gasteiger partial charge on any atom is 0.237 e. The number of amides is 1. The predicted molar refractivity (Wildman–Crippen MR) is 66.7 cm³/mol. The molecule has 2 fully saturated rings. The lowest BCUT2D eigenvalue weighted by atomic mass is 9.92. The van der Waals surface area contributed by atoms with Crippen LogP contribution in [0.2, 0.25) is 0 Å². The van der Waals surface area contributed by atoms with Gasteiger partial charge in [0.1, 0.15) is 0 Å². The van der Waals surface area contributed by atoms with Crippen LogP contribution in [0.25, 0.3) is 0 Å². The van der Waals surface area contributed by atoms with Gasteiger partial charge in [-0.3, -0.25) is 4.79 Å². The second kappa shape index (κ2) is 5.83. The Morgan fingerprint density at radius 2 is 2.06 bits per heavy atom. The minimum atomic E-state index is 0.0114. The van der Waals surface area contributed by atoms with Gasteiger partial charge in [0.15, 0.2) is 0 Å². The highest BCUT2D eigenvalue weighted by Crippen LogP contribution is 2.20. The highest BCUT2D eigenvalue weighted by molar-refractivity contribution is 5.82. The molecule has 2 aliphatic heterocycles. The Morgan fingerprint density at radius 3 is 2.65 bits per heavy atom. The van der Waals surface area contributed by atoms with Gasteiger partial charge in [-0.25, -0.2) is 0 Å². The van der Waals surface area contributed by atoms with Crippen LogP contribution in [0.4, 0.5) is 0 Å². The molecule has 2 rings (SSSR count). The zero-order valence-electron chi connectivity index (χ0n) is 10.9. The summed E-state index contributed by atoms with van der Waals surface area (Å²) in [7, 11) is 0. The van der Waals surface area contributed by atoms with Crippen LogP contribution in [0, 0.1) is 11.8 Å². The van der Waals surface area contributed by atoms with Gasteiger partial charge in [0.25, 0.3) is 0 Å². The molecule has 2 heterocycles. The number of carbonyl (C=O) groups is 1. The summed E-state index contributed by atoms with van der Waals surface area (Å²) in [5.41, 5.74) is 0. The molecule has 1 amide bonds. The third kappa shape index (κ3) is 3.19. The highest BCUT2D eigenvalue weighted by atomic mass is 16.5. The first-order valence-electron chi connectivity index (χ1n) is 6.80. The van der Waals surface area contributed by atoms with Gasteiger partial charge in [-0.1, -0.05) is 6.92 Å². The van der Waals surface area contributed by atoms with Crippen molar-refractivity contribution in [3.63, 3.8) is 0 Å². The molecule has 98 valence electrons. The van der Waals surface area contributed by atoms with E-state index in [1.807, 2.05) is 0 Å². The summed E-state index contributed by atoms with van der Waals surface area (Å²) in [4.78, 5) is 12.1. The van der Waals surface area contributed by atoms with Crippen molar-refractivity contribution < 1.29 is 9.53 Å². The van der Waals surface area contributed by atoms with Gasteiger partial charge in [0, 0.05) is 19.3 Å². The van der Waals surface area contributed by atoms with Gasteiger partial charge < -0.3 is 15.4 Å². The molecular formula is C13H24N2O2. The van der Waals surface area contributed by atoms with Crippen molar-refractivity contribution in [2.45, 2.75) is 45.2 Å².